The fraction of sp³-hybridized carbons (Fsp3) is 0. The van der Waals surface area contributed by atoms with Crippen LogP contribution in [0.2, 0.25) is 0 Å². The van der Waals surface area contributed by atoms with Gasteiger partial charge in [0.15, 0.2) is 0 Å². The quantitative estimate of drug-likeness (QED) is 0.109. The maximum Gasteiger partial charge on any atom is 0.137 e. The fourth-order valence-corrected chi connectivity index (χ4v) is 15.6. The van der Waals surface area contributed by atoms with Gasteiger partial charge in [-0.25, -0.2) is 0 Å². The average molecular weight is 1300 g/mol. The zero-order chi connectivity index (χ0) is 67.5. The van der Waals surface area contributed by atoms with Gasteiger partial charge in [-0.15, -0.1) is 0 Å². The number of rotatable bonds is 14. The molecular formula is C98H64N2O2. The van der Waals surface area contributed by atoms with Gasteiger partial charge in [-0.1, -0.05) is 309 Å². The zero-order valence-electron chi connectivity index (χ0n) is 55.7. The lowest BCUT2D eigenvalue weighted by Gasteiger charge is -2.30. The van der Waals surface area contributed by atoms with Crippen LogP contribution >= 0.6 is 0 Å². The lowest BCUT2D eigenvalue weighted by atomic mass is 9.91. The van der Waals surface area contributed by atoms with E-state index in [9.17, 15) is 0 Å². The van der Waals surface area contributed by atoms with Gasteiger partial charge in [0, 0.05) is 33.0 Å². The molecule has 0 saturated heterocycles. The van der Waals surface area contributed by atoms with Gasteiger partial charge < -0.3 is 18.6 Å². The highest BCUT2D eigenvalue weighted by atomic mass is 16.3. The molecule has 102 heavy (non-hydrogen) atoms. The number of furan rings is 2. The van der Waals surface area contributed by atoms with E-state index in [-0.39, 0.29) is 0 Å². The second-order valence-corrected chi connectivity index (χ2v) is 26.2. The molecular weight excluding hydrogens is 1240 g/mol. The Labute approximate surface area is 591 Å². The Morgan fingerprint density at radius 1 is 0.157 bits per heavy atom. The monoisotopic (exact) mass is 1300 g/mol. The van der Waals surface area contributed by atoms with E-state index >= 15 is 0 Å². The molecule has 0 aliphatic rings. The van der Waals surface area contributed by atoms with Gasteiger partial charge in [0.05, 0.1) is 44.9 Å². The summed E-state index contributed by atoms with van der Waals surface area (Å²) in [4.78, 5) is 4.92. The summed E-state index contributed by atoms with van der Waals surface area (Å²) in [7, 11) is 0. The van der Waals surface area contributed by atoms with Crippen LogP contribution in [0.15, 0.2) is 397 Å². The zero-order valence-corrected chi connectivity index (χ0v) is 55.7. The highest BCUT2D eigenvalue weighted by Gasteiger charge is 2.28. The number of hydrogen-bond donors (Lipinski definition) is 0. The van der Waals surface area contributed by atoms with Crippen LogP contribution in [0, 0.1) is 0 Å². The number of fused-ring (bicyclic) bond motifs is 8. The van der Waals surface area contributed by atoms with E-state index in [4.69, 9.17) is 8.83 Å². The molecule has 0 aliphatic heterocycles. The molecule has 19 aromatic rings. The normalized spacial score (nSPS) is 11.5. The summed E-state index contributed by atoms with van der Waals surface area (Å²) in [6.07, 6.45) is 0. The molecule has 2 heterocycles. The van der Waals surface area contributed by atoms with Crippen molar-refractivity contribution in [2.24, 2.45) is 0 Å². The van der Waals surface area contributed by atoms with E-state index in [1.807, 2.05) is 6.07 Å². The maximum atomic E-state index is 6.96. The molecule has 4 heteroatoms. The van der Waals surface area contributed by atoms with E-state index < -0.39 is 0 Å². The molecule has 2 aromatic heterocycles. The van der Waals surface area contributed by atoms with E-state index in [1.165, 1.54) is 33.0 Å². The minimum absolute atomic E-state index is 0.812. The van der Waals surface area contributed by atoms with Crippen molar-refractivity contribution in [3.05, 3.63) is 388 Å². The van der Waals surface area contributed by atoms with Crippen molar-refractivity contribution in [3.8, 4) is 89.0 Å². The van der Waals surface area contributed by atoms with Crippen molar-refractivity contribution in [2.45, 2.75) is 0 Å². The van der Waals surface area contributed by atoms with Crippen LogP contribution in [0.4, 0.5) is 34.1 Å². The predicted octanol–water partition coefficient (Wildman–Crippen LogP) is 28.1. The number of para-hydroxylation sites is 5. The minimum atomic E-state index is 0.812. The van der Waals surface area contributed by atoms with Crippen LogP contribution in [0.1, 0.15) is 0 Å². The van der Waals surface area contributed by atoms with Crippen molar-refractivity contribution in [1.29, 1.82) is 0 Å². The average Bonchev–Trinajstić information content (AvgIpc) is 1.49. The summed E-state index contributed by atoms with van der Waals surface area (Å²) in [6, 6.07) is 141. The number of nitrogens with zero attached hydrogens (tertiary/aromatic N) is 2. The van der Waals surface area contributed by atoms with E-state index in [0.29, 0.717) is 0 Å². The molecule has 17 aromatic carbocycles. The topological polar surface area (TPSA) is 32.8 Å². The first kappa shape index (κ1) is 59.7. The Hall–Kier alpha value is -13.5. The van der Waals surface area contributed by atoms with Gasteiger partial charge in [0.25, 0.3) is 0 Å². The summed E-state index contributed by atoms with van der Waals surface area (Å²) in [5.41, 5.74) is 27.7. The van der Waals surface area contributed by atoms with Crippen molar-refractivity contribution in [2.75, 3.05) is 9.80 Å². The van der Waals surface area contributed by atoms with Crippen LogP contribution in [-0.2, 0) is 0 Å². The summed E-state index contributed by atoms with van der Waals surface area (Å²) >= 11 is 0. The van der Waals surface area contributed by atoms with Crippen molar-refractivity contribution < 1.29 is 8.83 Å². The molecule has 0 bridgehead atoms. The Bertz CT molecular complexity index is 6400. The third-order valence-electron chi connectivity index (χ3n) is 20.3. The molecule has 19 rings (SSSR count). The van der Waals surface area contributed by atoms with Crippen molar-refractivity contribution >= 4 is 99.5 Å². The van der Waals surface area contributed by atoms with Gasteiger partial charge in [0.2, 0.25) is 0 Å². The Morgan fingerprint density at radius 2 is 0.451 bits per heavy atom. The number of anilines is 6. The van der Waals surface area contributed by atoms with Crippen LogP contribution in [-0.4, -0.2) is 0 Å². The summed E-state index contributed by atoms with van der Waals surface area (Å²) in [5.74, 6) is 0. The molecule has 478 valence electrons. The lowest BCUT2D eigenvalue weighted by Crippen LogP contribution is -2.12. The molecule has 0 N–H and O–H groups in total. The van der Waals surface area contributed by atoms with E-state index in [2.05, 4.69) is 392 Å². The molecule has 0 amide bonds. The van der Waals surface area contributed by atoms with Gasteiger partial charge >= 0.3 is 0 Å². The first-order valence-corrected chi connectivity index (χ1v) is 34.9. The SMILES string of the molecule is c1ccc(-c2ccc(-c3ccccc3N(c3ccccc3-c3cccc(-c4cccc5c(-c6ccc7oc8cccc(N(c9ccccc9-c9ccccc9)c9ccccc9-c9cccc(-c%10cccc%11ccccc%10%11)c9)c8c7c6)cccc45)c3)c3cccc4oc5ccccc5c34)cc2)cc1. The second-order valence-electron chi connectivity index (χ2n) is 26.2. The third-order valence-corrected chi connectivity index (χ3v) is 20.3. The van der Waals surface area contributed by atoms with E-state index in [0.717, 1.165) is 156 Å². The second kappa shape index (κ2) is 25.4. The van der Waals surface area contributed by atoms with Crippen LogP contribution in [0.5, 0.6) is 0 Å². The molecule has 4 nitrogen and oxygen atoms in total. The highest BCUT2D eigenvalue weighted by molar-refractivity contribution is 6.17. The molecule has 0 fully saturated rings. The predicted molar refractivity (Wildman–Crippen MR) is 429 cm³/mol. The first-order valence-electron chi connectivity index (χ1n) is 34.9. The summed E-state index contributed by atoms with van der Waals surface area (Å²) < 4.78 is 13.6. The molecule has 0 saturated carbocycles. The first-order chi connectivity index (χ1) is 50.6. The van der Waals surface area contributed by atoms with Crippen molar-refractivity contribution in [3.63, 3.8) is 0 Å². The number of benzene rings is 17. The van der Waals surface area contributed by atoms with Gasteiger partial charge in [0.1, 0.15) is 22.3 Å². The Balaban J connectivity index is 0.735. The van der Waals surface area contributed by atoms with Crippen LogP contribution in [0.3, 0.4) is 0 Å². The van der Waals surface area contributed by atoms with Crippen LogP contribution < -0.4 is 9.80 Å². The van der Waals surface area contributed by atoms with E-state index in [1.54, 1.807) is 0 Å². The summed E-state index contributed by atoms with van der Waals surface area (Å²) in [5, 5.41) is 8.96. The third kappa shape index (κ3) is 10.5. The van der Waals surface area contributed by atoms with Gasteiger partial charge in [-0.05, 0) is 167 Å². The fourth-order valence-electron chi connectivity index (χ4n) is 15.6. The molecule has 0 unspecified atom stereocenters. The Kier molecular flexibility index (Phi) is 14.9. The molecule has 0 atom stereocenters. The van der Waals surface area contributed by atoms with Crippen LogP contribution in [0.25, 0.3) is 154 Å². The molecule has 0 aliphatic carbocycles. The molecule has 0 radical (unpaired) electrons. The standard InChI is InChI=1S/C98H64N2O2/c1-3-26-65(27-4-1)66-56-58-69(59-57-66)80-38-10-15-48-88(80)99(91-51-24-54-95-97(91)85-41-13-18-53-93(85)101-95)89-49-16-11-40-82(89)73-35-20-33-71(63-73)77-43-22-46-84-78(44-23-45-83(77)84)74-60-61-94-86(64-74)98-92(52-25-55-96(98)102-94)100(87-47-14-9-37-79(87)68-28-5-2-6-29-68)90-50-17-12-39-81(90)72-34-19-32-70(62-72)76-42-21-31-67-30-7-8-36-75(67)76/h1-64H. The Morgan fingerprint density at radius 3 is 1.00 bits per heavy atom. The smallest absolute Gasteiger partial charge is 0.137 e. The number of hydrogen-bond acceptors (Lipinski definition) is 4. The lowest BCUT2D eigenvalue weighted by molar-refractivity contribution is 0.668. The van der Waals surface area contributed by atoms with Gasteiger partial charge in [-0.2, -0.15) is 0 Å². The van der Waals surface area contributed by atoms with Crippen molar-refractivity contribution in [1.82, 2.24) is 0 Å². The molecule has 0 spiro atoms. The summed E-state index contributed by atoms with van der Waals surface area (Å²) in [6.45, 7) is 0. The maximum absolute atomic E-state index is 6.96. The van der Waals surface area contributed by atoms with Gasteiger partial charge in [-0.3, -0.25) is 0 Å². The highest BCUT2D eigenvalue weighted by Crippen LogP contribution is 2.52. The largest absolute Gasteiger partial charge is 0.456 e. The minimum Gasteiger partial charge on any atom is -0.456 e.